The van der Waals surface area contributed by atoms with Crippen molar-refractivity contribution in [3.8, 4) is 11.1 Å². The molecule has 9 heteroatoms. The predicted molar refractivity (Wildman–Crippen MR) is 119 cm³/mol. The second-order valence-corrected chi connectivity index (χ2v) is 9.60. The molecule has 0 aliphatic heterocycles. The van der Waals surface area contributed by atoms with E-state index in [1.165, 1.54) is 18.0 Å². The molecule has 3 aromatic rings. The van der Waals surface area contributed by atoms with Gasteiger partial charge in [-0.05, 0) is 47.0 Å². The highest BCUT2D eigenvalue weighted by atomic mass is 35.5. The number of aliphatic hydroxyl groups is 1. The van der Waals surface area contributed by atoms with E-state index in [0.29, 0.717) is 15.6 Å². The quantitative estimate of drug-likeness (QED) is 0.556. The fraction of sp³-hybridized carbons (Fsp3) is 0.150. The summed E-state index contributed by atoms with van der Waals surface area (Å²) in [4.78, 5) is 5.37. The predicted octanol–water partition coefficient (Wildman–Crippen LogP) is 4.33. The van der Waals surface area contributed by atoms with Crippen LogP contribution in [-0.4, -0.2) is 24.8 Å². The van der Waals surface area contributed by atoms with Crippen molar-refractivity contribution in [1.29, 1.82) is 0 Å². The molecule has 0 fully saturated rings. The molecule has 0 saturated carbocycles. The van der Waals surface area contributed by atoms with Crippen molar-refractivity contribution in [3.63, 3.8) is 0 Å². The lowest BCUT2D eigenvalue weighted by atomic mass is 10.0. The second-order valence-electron chi connectivity index (χ2n) is 6.17. The first-order valence-electron chi connectivity index (χ1n) is 8.39. The average Bonchev–Trinajstić information content (AvgIpc) is 2.69. The Labute approximate surface area is 185 Å². The Morgan fingerprint density at radius 1 is 1.10 bits per heavy atom. The summed E-state index contributed by atoms with van der Waals surface area (Å²) in [5.41, 5.74) is 9.20. The maximum atomic E-state index is 11.6. The Bertz CT molecular complexity index is 1110. The molecule has 154 valence electrons. The molecule has 0 aliphatic rings. The van der Waals surface area contributed by atoms with E-state index in [1.807, 2.05) is 18.2 Å². The second kappa shape index (κ2) is 9.93. The third-order valence-electron chi connectivity index (χ3n) is 4.18. The van der Waals surface area contributed by atoms with Crippen molar-refractivity contribution < 1.29 is 13.5 Å². The van der Waals surface area contributed by atoms with E-state index in [4.69, 9.17) is 17.3 Å². The van der Waals surface area contributed by atoms with Crippen molar-refractivity contribution >= 4 is 45.6 Å². The van der Waals surface area contributed by atoms with E-state index in [9.17, 15) is 13.5 Å². The number of halogens is 2. The lowest BCUT2D eigenvalue weighted by Gasteiger charge is -2.14. The van der Waals surface area contributed by atoms with Crippen LogP contribution >= 0.6 is 35.8 Å². The van der Waals surface area contributed by atoms with E-state index >= 15 is 0 Å². The molecule has 0 aliphatic carbocycles. The number of nitrogens with two attached hydrogens (primary N) is 1. The van der Waals surface area contributed by atoms with Crippen LogP contribution in [0.3, 0.4) is 0 Å². The van der Waals surface area contributed by atoms with Crippen LogP contribution in [0, 0.1) is 0 Å². The molecule has 0 saturated heterocycles. The van der Waals surface area contributed by atoms with Gasteiger partial charge >= 0.3 is 0 Å². The molecule has 3 rings (SSSR count). The van der Waals surface area contributed by atoms with Gasteiger partial charge in [-0.15, -0.1) is 12.4 Å². The lowest BCUT2D eigenvalue weighted by molar-refractivity contribution is 0.278. The van der Waals surface area contributed by atoms with Crippen molar-refractivity contribution in [2.24, 2.45) is 5.73 Å². The summed E-state index contributed by atoms with van der Waals surface area (Å²) in [7, 11) is -3.25. The number of rotatable bonds is 6. The Morgan fingerprint density at radius 2 is 1.79 bits per heavy atom. The molecular formula is C20H20Cl2N2O3S2. The Morgan fingerprint density at radius 3 is 2.38 bits per heavy atom. The van der Waals surface area contributed by atoms with Crippen LogP contribution in [0.25, 0.3) is 11.1 Å². The summed E-state index contributed by atoms with van der Waals surface area (Å²) >= 11 is 7.91. The minimum absolute atomic E-state index is 0. The number of aromatic nitrogens is 1. The minimum Gasteiger partial charge on any atom is -0.392 e. The number of pyridine rings is 1. The van der Waals surface area contributed by atoms with Gasteiger partial charge in [0.2, 0.25) is 0 Å². The normalized spacial score (nSPS) is 11.2. The molecular weight excluding hydrogens is 451 g/mol. The van der Waals surface area contributed by atoms with Gasteiger partial charge in [0, 0.05) is 29.5 Å². The molecule has 1 heterocycles. The Hall–Kier alpha value is -1.61. The van der Waals surface area contributed by atoms with E-state index < -0.39 is 9.84 Å². The molecule has 0 radical (unpaired) electrons. The number of hydrogen-bond donors (Lipinski definition) is 2. The van der Waals surface area contributed by atoms with E-state index in [1.54, 1.807) is 36.5 Å². The van der Waals surface area contributed by atoms with Gasteiger partial charge in [0.25, 0.3) is 0 Å². The Balaban J connectivity index is 0.00000300. The van der Waals surface area contributed by atoms with E-state index in [-0.39, 0.29) is 30.5 Å². The molecule has 5 nitrogen and oxygen atoms in total. The van der Waals surface area contributed by atoms with Crippen molar-refractivity contribution in [3.05, 3.63) is 70.9 Å². The van der Waals surface area contributed by atoms with Gasteiger partial charge in [0.1, 0.15) is 5.03 Å². The highest BCUT2D eigenvalue weighted by Gasteiger charge is 2.15. The maximum Gasteiger partial charge on any atom is 0.175 e. The van der Waals surface area contributed by atoms with E-state index in [2.05, 4.69) is 4.98 Å². The van der Waals surface area contributed by atoms with Crippen LogP contribution in [0.5, 0.6) is 0 Å². The molecule has 0 unspecified atom stereocenters. The Kier molecular flexibility index (Phi) is 8.10. The van der Waals surface area contributed by atoms with Gasteiger partial charge in [0.15, 0.2) is 9.84 Å². The smallest absolute Gasteiger partial charge is 0.175 e. The van der Waals surface area contributed by atoms with Crippen molar-refractivity contribution in [2.75, 3.05) is 6.26 Å². The molecule has 2 aromatic carbocycles. The first kappa shape index (κ1) is 23.7. The third-order valence-corrected chi connectivity index (χ3v) is 6.96. The van der Waals surface area contributed by atoms with Crippen LogP contribution in [0.2, 0.25) is 5.02 Å². The fourth-order valence-corrected chi connectivity index (χ4v) is 4.70. The topological polar surface area (TPSA) is 93.3 Å². The zero-order chi connectivity index (χ0) is 20.3. The third kappa shape index (κ3) is 5.51. The first-order valence-corrected chi connectivity index (χ1v) is 11.5. The fourth-order valence-electron chi connectivity index (χ4n) is 2.71. The number of benzene rings is 2. The number of sulfone groups is 1. The van der Waals surface area contributed by atoms with Crippen LogP contribution < -0.4 is 5.73 Å². The van der Waals surface area contributed by atoms with Crippen LogP contribution in [-0.2, 0) is 23.0 Å². The lowest BCUT2D eigenvalue weighted by Crippen LogP contribution is -2.01. The first-order chi connectivity index (χ1) is 13.3. The van der Waals surface area contributed by atoms with Gasteiger partial charge in [-0.1, -0.05) is 41.6 Å². The van der Waals surface area contributed by atoms with Crippen LogP contribution in [0.1, 0.15) is 11.1 Å². The molecule has 0 atom stereocenters. The van der Waals surface area contributed by atoms with Gasteiger partial charge in [-0.2, -0.15) is 0 Å². The molecule has 0 amide bonds. The molecule has 29 heavy (non-hydrogen) atoms. The minimum atomic E-state index is -3.25. The zero-order valence-corrected chi connectivity index (χ0v) is 18.7. The highest BCUT2D eigenvalue weighted by Crippen LogP contribution is 2.39. The van der Waals surface area contributed by atoms with Crippen molar-refractivity contribution in [2.45, 2.75) is 28.0 Å². The van der Waals surface area contributed by atoms with Crippen LogP contribution in [0.4, 0.5) is 0 Å². The number of nitrogens with zero attached hydrogens (tertiary/aromatic N) is 1. The monoisotopic (exact) mass is 470 g/mol. The highest BCUT2D eigenvalue weighted by molar-refractivity contribution is 7.99. The van der Waals surface area contributed by atoms with Gasteiger partial charge in [-0.3, -0.25) is 0 Å². The summed E-state index contributed by atoms with van der Waals surface area (Å²) in [5, 5.41) is 10.7. The molecule has 1 aromatic heterocycles. The molecule has 3 N–H and O–H groups in total. The average molecular weight is 471 g/mol. The summed E-state index contributed by atoms with van der Waals surface area (Å²) in [6, 6.07) is 14.0. The van der Waals surface area contributed by atoms with Gasteiger partial charge < -0.3 is 10.8 Å². The SMILES string of the molecule is CS(=O)(=O)c1ccc(-c2cc(Cl)c(Sc3ncccc3CO)c(CN)c2)cc1.Cl. The zero-order valence-electron chi connectivity index (χ0n) is 15.5. The van der Waals surface area contributed by atoms with Crippen molar-refractivity contribution in [1.82, 2.24) is 4.98 Å². The van der Waals surface area contributed by atoms with Crippen LogP contribution in [0.15, 0.2) is 69.5 Å². The molecule has 0 bridgehead atoms. The van der Waals surface area contributed by atoms with Gasteiger partial charge in [0.05, 0.1) is 16.5 Å². The summed E-state index contributed by atoms with van der Waals surface area (Å²) < 4.78 is 23.3. The summed E-state index contributed by atoms with van der Waals surface area (Å²) in [6.07, 6.45) is 2.84. The largest absolute Gasteiger partial charge is 0.392 e. The van der Waals surface area contributed by atoms with E-state index in [0.717, 1.165) is 21.6 Å². The summed E-state index contributed by atoms with van der Waals surface area (Å²) in [5.74, 6) is 0. The maximum absolute atomic E-state index is 11.6. The number of aliphatic hydroxyl groups excluding tert-OH is 1. The number of hydrogen-bond acceptors (Lipinski definition) is 6. The summed E-state index contributed by atoms with van der Waals surface area (Å²) in [6.45, 7) is 0.162. The molecule has 0 spiro atoms. The van der Waals surface area contributed by atoms with Gasteiger partial charge in [-0.25, -0.2) is 13.4 Å². The standard InChI is InChI=1S/C20H19ClN2O3S2.ClH/c1-28(25,26)17-6-4-13(5-7-17)15-9-16(11-22)19(18(21)10-15)27-20-14(12-24)3-2-8-23-20;/h2-10,24H,11-12,22H2,1H3;1H.